The average Bonchev–Trinajstić information content (AvgIpc) is 3.29. The number of rotatable bonds is 7. The van der Waals surface area contributed by atoms with Gasteiger partial charge in [-0.3, -0.25) is 9.97 Å². The first-order chi connectivity index (χ1) is 17.4. The lowest BCUT2D eigenvalue weighted by atomic mass is 9.83. The van der Waals surface area contributed by atoms with Crippen molar-refractivity contribution in [1.29, 1.82) is 0 Å². The van der Waals surface area contributed by atoms with Crippen molar-refractivity contribution in [2.45, 2.75) is 38.1 Å². The number of carbonyl (C=O) groups is 1. The van der Waals surface area contributed by atoms with Crippen molar-refractivity contribution in [2.75, 3.05) is 0 Å². The molecule has 1 amide bonds. The van der Waals surface area contributed by atoms with Crippen molar-refractivity contribution in [2.24, 2.45) is 5.41 Å². The Bertz CT molecular complexity index is 1500. The molecule has 4 aromatic heterocycles. The van der Waals surface area contributed by atoms with Crippen LogP contribution in [0.2, 0.25) is 5.15 Å². The summed E-state index contributed by atoms with van der Waals surface area (Å²) in [7, 11) is -3.99. The van der Waals surface area contributed by atoms with E-state index in [0.717, 1.165) is 5.56 Å². The second kappa shape index (κ2) is 10.3. The third-order valence-corrected chi connectivity index (χ3v) is 7.78. The summed E-state index contributed by atoms with van der Waals surface area (Å²) in [5.74, 6) is 0. The largest absolute Gasteiger partial charge is 0.465 e. The van der Waals surface area contributed by atoms with Crippen LogP contribution in [0, 0.1) is 5.41 Å². The minimum absolute atomic E-state index is 0.0336. The van der Waals surface area contributed by atoms with Crippen molar-refractivity contribution in [3.05, 3.63) is 84.2 Å². The van der Waals surface area contributed by atoms with Gasteiger partial charge < -0.3 is 10.4 Å². The highest BCUT2D eigenvalue weighted by atomic mass is 35.5. The Labute approximate surface area is 220 Å². The second-order valence-electron chi connectivity index (χ2n) is 9.60. The third kappa shape index (κ3) is 5.98. The highest BCUT2D eigenvalue weighted by Gasteiger charge is 2.29. The molecule has 192 valence electrons. The molecule has 0 saturated carbocycles. The fourth-order valence-electron chi connectivity index (χ4n) is 3.83. The first kappa shape index (κ1) is 26.3. The van der Waals surface area contributed by atoms with E-state index in [-0.39, 0.29) is 4.90 Å². The third-order valence-electron chi connectivity index (χ3n) is 5.90. The highest BCUT2D eigenvalue weighted by Crippen LogP contribution is 2.30. The van der Waals surface area contributed by atoms with Gasteiger partial charge in [0.25, 0.3) is 10.0 Å². The minimum Gasteiger partial charge on any atom is -0.465 e. The Balaban J connectivity index is 1.79. The van der Waals surface area contributed by atoms with Gasteiger partial charge in [0, 0.05) is 48.2 Å². The summed E-state index contributed by atoms with van der Waals surface area (Å²) in [5, 5.41) is 12.3. The van der Waals surface area contributed by atoms with Gasteiger partial charge in [-0.2, -0.15) is 0 Å². The standard InChI is InChI=1S/C26H26ClN5O4S/c1-26(2,3)23(31-25(33)34)12-17-11-22(32(16-17)37(35,36)20-5-4-10-28-15-20)19-6-8-21(29-14-19)18-7-9-24(27)30-13-18/h4-11,13-16,23,31H,12H2,1-3H3,(H,33,34). The van der Waals surface area contributed by atoms with Crippen LogP contribution in [-0.4, -0.2) is 44.6 Å². The maximum atomic E-state index is 13.6. The molecular weight excluding hydrogens is 514 g/mol. The zero-order valence-electron chi connectivity index (χ0n) is 20.5. The normalized spacial score (nSPS) is 12.8. The van der Waals surface area contributed by atoms with Crippen LogP contribution in [0.3, 0.4) is 0 Å². The summed E-state index contributed by atoms with van der Waals surface area (Å²) in [6.07, 6.45) is 6.67. The molecule has 0 aliphatic carbocycles. The van der Waals surface area contributed by atoms with E-state index < -0.39 is 27.6 Å². The van der Waals surface area contributed by atoms with Crippen LogP contribution >= 0.6 is 11.6 Å². The van der Waals surface area contributed by atoms with Crippen LogP contribution in [0.25, 0.3) is 22.5 Å². The zero-order valence-corrected chi connectivity index (χ0v) is 22.0. The number of nitrogens with one attached hydrogen (secondary N) is 1. The Morgan fingerprint density at radius 2 is 1.81 bits per heavy atom. The molecule has 4 heterocycles. The quantitative estimate of drug-likeness (QED) is 0.312. The summed E-state index contributed by atoms with van der Waals surface area (Å²) in [4.78, 5) is 24.0. The molecule has 0 radical (unpaired) electrons. The van der Waals surface area contributed by atoms with Crippen molar-refractivity contribution in [3.8, 4) is 22.5 Å². The predicted molar refractivity (Wildman–Crippen MR) is 141 cm³/mol. The molecule has 0 fully saturated rings. The lowest BCUT2D eigenvalue weighted by molar-refractivity contribution is 0.174. The summed E-state index contributed by atoms with van der Waals surface area (Å²) in [5.41, 5.74) is 2.64. The van der Waals surface area contributed by atoms with E-state index in [9.17, 15) is 18.3 Å². The molecule has 4 aromatic rings. The maximum Gasteiger partial charge on any atom is 0.404 e. The molecular formula is C26H26ClN5O4S. The molecule has 1 unspecified atom stereocenters. The van der Waals surface area contributed by atoms with E-state index in [1.54, 1.807) is 48.8 Å². The number of amides is 1. The van der Waals surface area contributed by atoms with Crippen LogP contribution in [0.4, 0.5) is 4.79 Å². The number of pyridine rings is 3. The van der Waals surface area contributed by atoms with Crippen molar-refractivity contribution >= 4 is 27.7 Å². The van der Waals surface area contributed by atoms with E-state index >= 15 is 0 Å². The van der Waals surface area contributed by atoms with Gasteiger partial charge in [0.05, 0.1) is 11.4 Å². The maximum absolute atomic E-state index is 13.6. The van der Waals surface area contributed by atoms with Gasteiger partial charge >= 0.3 is 6.09 Å². The Hall–Kier alpha value is -3.76. The van der Waals surface area contributed by atoms with E-state index in [0.29, 0.717) is 34.1 Å². The molecule has 0 aliphatic rings. The number of carboxylic acid groups (broad SMARTS) is 1. The van der Waals surface area contributed by atoms with Crippen LogP contribution in [0.15, 0.2) is 78.3 Å². The second-order valence-corrected chi connectivity index (χ2v) is 11.8. The van der Waals surface area contributed by atoms with Crippen LogP contribution in [-0.2, 0) is 16.4 Å². The number of hydrogen-bond acceptors (Lipinski definition) is 6. The minimum atomic E-state index is -3.99. The predicted octanol–water partition coefficient (Wildman–Crippen LogP) is 5.12. The van der Waals surface area contributed by atoms with Crippen molar-refractivity contribution in [1.82, 2.24) is 24.2 Å². The van der Waals surface area contributed by atoms with Crippen LogP contribution < -0.4 is 5.32 Å². The molecule has 0 bridgehead atoms. The molecule has 2 N–H and O–H groups in total. The SMILES string of the molecule is CC(C)(C)C(Cc1cc(-c2ccc(-c3ccc(Cl)nc3)nc2)n(S(=O)(=O)c2cccnc2)c1)NC(=O)O. The molecule has 4 rings (SSSR count). The van der Waals surface area contributed by atoms with Gasteiger partial charge in [-0.05, 0) is 59.9 Å². The van der Waals surface area contributed by atoms with Gasteiger partial charge in [0.15, 0.2) is 0 Å². The van der Waals surface area contributed by atoms with E-state index in [1.807, 2.05) is 20.8 Å². The molecule has 0 saturated heterocycles. The summed E-state index contributed by atoms with van der Waals surface area (Å²) >= 11 is 5.88. The molecule has 0 spiro atoms. The van der Waals surface area contributed by atoms with Crippen LogP contribution in [0.1, 0.15) is 26.3 Å². The number of nitrogens with zero attached hydrogens (tertiary/aromatic N) is 4. The lowest BCUT2D eigenvalue weighted by Gasteiger charge is -2.30. The zero-order chi connectivity index (χ0) is 26.8. The van der Waals surface area contributed by atoms with Gasteiger partial charge in [-0.15, -0.1) is 0 Å². The fourth-order valence-corrected chi connectivity index (χ4v) is 5.31. The first-order valence-electron chi connectivity index (χ1n) is 11.4. The van der Waals surface area contributed by atoms with Crippen molar-refractivity contribution < 1.29 is 18.3 Å². The van der Waals surface area contributed by atoms with E-state index in [2.05, 4.69) is 20.3 Å². The molecule has 0 aromatic carbocycles. The lowest BCUT2D eigenvalue weighted by Crippen LogP contribution is -2.44. The van der Waals surface area contributed by atoms with E-state index in [4.69, 9.17) is 11.6 Å². The molecule has 0 aliphatic heterocycles. The van der Waals surface area contributed by atoms with Gasteiger partial charge in [-0.1, -0.05) is 32.4 Å². The smallest absolute Gasteiger partial charge is 0.404 e. The number of aromatic nitrogens is 4. The molecule has 9 nitrogen and oxygen atoms in total. The topological polar surface area (TPSA) is 127 Å². The Morgan fingerprint density at radius 1 is 1.08 bits per heavy atom. The Kier molecular flexibility index (Phi) is 7.33. The molecule has 1 atom stereocenters. The molecule has 37 heavy (non-hydrogen) atoms. The number of hydrogen-bond donors (Lipinski definition) is 2. The highest BCUT2D eigenvalue weighted by molar-refractivity contribution is 7.90. The van der Waals surface area contributed by atoms with Crippen molar-refractivity contribution in [3.63, 3.8) is 0 Å². The summed E-state index contributed by atoms with van der Waals surface area (Å²) in [6, 6.07) is 11.3. The Morgan fingerprint density at radius 3 is 2.38 bits per heavy atom. The van der Waals surface area contributed by atoms with Gasteiger partial charge in [0.2, 0.25) is 0 Å². The summed E-state index contributed by atoms with van der Waals surface area (Å²) < 4.78 is 28.4. The summed E-state index contributed by atoms with van der Waals surface area (Å²) in [6.45, 7) is 5.77. The van der Waals surface area contributed by atoms with E-state index in [1.165, 1.54) is 28.6 Å². The van der Waals surface area contributed by atoms with Crippen LogP contribution in [0.5, 0.6) is 0 Å². The average molecular weight is 540 g/mol. The first-order valence-corrected chi connectivity index (χ1v) is 13.2. The van der Waals surface area contributed by atoms with Gasteiger partial charge in [0.1, 0.15) is 10.0 Å². The van der Waals surface area contributed by atoms with Gasteiger partial charge in [-0.25, -0.2) is 22.2 Å². The molecule has 11 heteroatoms. The fraction of sp³-hybridized carbons (Fsp3) is 0.231. The monoisotopic (exact) mass is 539 g/mol. The number of halogens is 1.